The van der Waals surface area contributed by atoms with Crippen LogP contribution in [-0.2, 0) is 32.5 Å². The van der Waals surface area contributed by atoms with E-state index in [1.807, 2.05) is 30.3 Å². The third-order valence-electron chi connectivity index (χ3n) is 5.25. The highest BCUT2D eigenvalue weighted by molar-refractivity contribution is 7.92. The fourth-order valence-corrected chi connectivity index (χ4v) is 5.01. The van der Waals surface area contributed by atoms with Gasteiger partial charge in [-0.1, -0.05) is 36.9 Å². The number of benzene rings is 3. The number of anilines is 1. The van der Waals surface area contributed by atoms with Gasteiger partial charge in [0.2, 0.25) is 0 Å². The van der Waals surface area contributed by atoms with Crippen LogP contribution in [0.5, 0.6) is 0 Å². The number of alkyl halides is 3. The molecule has 0 aliphatic carbocycles. The summed E-state index contributed by atoms with van der Waals surface area (Å²) >= 11 is 0. The van der Waals surface area contributed by atoms with Crippen molar-refractivity contribution in [1.82, 2.24) is 5.32 Å². The van der Waals surface area contributed by atoms with Gasteiger partial charge in [-0.3, -0.25) is 9.52 Å². The Morgan fingerprint density at radius 3 is 2.05 bits per heavy atom. The molecule has 0 aliphatic heterocycles. The van der Waals surface area contributed by atoms with Gasteiger partial charge in [0.15, 0.2) is 9.84 Å². The van der Waals surface area contributed by atoms with Crippen LogP contribution in [0.4, 0.5) is 18.9 Å². The van der Waals surface area contributed by atoms with E-state index in [0.29, 0.717) is 25.0 Å². The van der Waals surface area contributed by atoms with E-state index in [2.05, 4.69) is 16.6 Å². The average Bonchev–Trinajstić information content (AvgIpc) is 2.82. The third-order valence-corrected chi connectivity index (χ3v) is 7.76. The summed E-state index contributed by atoms with van der Waals surface area (Å²) in [5.41, 5.74) is -0.905. The van der Waals surface area contributed by atoms with E-state index in [9.17, 15) is 34.8 Å². The maximum Gasteiger partial charge on any atom is 0.416 e. The van der Waals surface area contributed by atoms with Gasteiger partial charge in [0, 0.05) is 12.0 Å². The number of aryl methyl sites for hydroxylation is 1. The van der Waals surface area contributed by atoms with Gasteiger partial charge < -0.3 is 5.32 Å². The Hall–Kier alpha value is -3.64. The van der Waals surface area contributed by atoms with Gasteiger partial charge >= 0.3 is 6.18 Å². The van der Waals surface area contributed by atoms with Crippen molar-refractivity contribution in [3.63, 3.8) is 0 Å². The van der Waals surface area contributed by atoms with Gasteiger partial charge in [-0.15, -0.1) is 0 Å². The average molecular weight is 553 g/mol. The van der Waals surface area contributed by atoms with Gasteiger partial charge in [-0.2, -0.15) is 13.2 Å². The Balaban J connectivity index is 1.87. The third kappa shape index (κ3) is 7.43. The van der Waals surface area contributed by atoms with Crippen LogP contribution in [0.2, 0.25) is 0 Å². The number of hydrogen-bond donors (Lipinski definition) is 2. The number of carbonyl (C=O) groups excluding carboxylic acids is 1. The highest BCUT2D eigenvalue weighted by atomic mass is 32.2. The summed E-state index contributed by atoms with van der Waals surface area (Å²) in [5, 5.41) is 2.43. The van der Waals surface area contributed by atoms with Crippen molar-refractivity contribution in [2.45, 2.75) is 28.8 Å². The van der Waals surface area contributed by atoms with Crippen LogP contribution >= 0.6 is 0 Å². The predicted octanol–water partition coefficient (Wildman–Crippen LogP) is 4.79. The second-order valence-corrected chi connectivity index (χ2v) is 11.8. The molecule has 2 N–H and O–H groups in total. The molecule has 0 fully saturated rings. The first-order valence-electron chi connectivity index (χ1n) is 10.7. The van der Waals surface area contributed by atoms with Crippen molar-refractivity contribution >= 4 is 31.5 Å². The number of nitrogens with one attached hydrogen (secondary N) is 2. The largest absolute Gasteiger partial charge is 0.416 e. The van der Waals surface area contributed by atoms with Gasteiger partial charge in [-0.25, -0.2) is 16.8 Å². The second kappa shape index (κ2) is 10.8. The van der Waals surface area contributed by atoms with E-state index >= 15 is 0 Å². The number of rotatable bonds is 9. The molecule has 37 heavy (non-hydrogen) atoms. The molecule has 3 rings (SSSR count). The number of halogens is 3. The summed E-state index contributed by atoms with van der Waals surface area (Å²) in [6.07, 6.45) is -3.00. The van der Waals surface area contributed by atoms with Crippen molar-refractivity contribution in [3.05, 3.63) is 102 Å². The number of carbonyl (C=O) groups is 1. The summed E-state index contributed by atoms with van der Waals surface area (Å²) in [4.78, 5) is 12.4. The maximum absolute atomic E-state index is 13.3. The molecule has 7 nitrogen and oxygen atoms in total. The molecular weight excluding hydrogens is 529 g/mol. The second-order valence-electron chi connectivity index (χ2n) is 8.15. The maximum atomic E-state index is 13.3. The highest BCUT2D eigenvalue weighted by Crippen LogP contribution is 2.33. The van der Waals surface area contributed by atoms with Crippen molar-refractivity contribution in [1.29, 1.82) is 0 Å². The van der Waals surface area contributed by atoms with Gasteiger partial charge in [0.1, 0.15) is 0 Å². The zero-order valence-corrected chi connectivity index (χ0v) is 21.2. The Bertz CT molecular complexity index is 1520. The quantitative estimate of drug-likeness (QED) is 0.397. The smallest absolute Gasteiger partial charge is 0.326 e. The van der Waals surface area contributed by atoms with Crippen LogP contribution in [-0.4, -0.2) is 29.0 Å². The molecule has 3 aromatic rings. The lowest BCUT2D eigenvalue weighted by molar-refractivity contribution is -0.137. The number of allylic oxidation sites excluding steroid dienone is 1. The molecule has 1 amide bonds. The predicted molar refractivity (Wildman–Crippen MR) is 133 cm³/mol. The molecule has 0 radical (unpaired) electrons. The molecule has 0 aromatic heterocycles. The fraction of sp³-hybridized carbons (Fsp3) is 0.160. The van der Waals surface area contributed by atoms with Crippen LogP contribution in [0.3, 0.4) is 0 Å². The number of amides is 1. The van der Waals surface area contributed by atoms with E-state index in [1.165, 1.54) is 0 Å². The molecule has 0 aliphatic rings. The standard InChI is InChI=1S/C25H23F3N2O5S2/c1-17(8-9-18-6-4-3-5-7-18)29-24(31)22-16-19(25(26,27)28)10-15-23(22)30-37(34,35)21-13-11-20(12-14-21)36(2,32)33/h3-7,10-16,30H,1,8-9H2,2H3,(H,29,31). The topological polar surface area (TPSA) is 109 Å². The highest BCUT2D eigenvalue weighted by Gasteiger charge is 2.32. The first-order chi connectivity index (χ1) is 17.2. The number of sulfonamides is 1. The van der Waals surface area contributed by atoms with Crippen LogP contribution in [0.1, 0.15) is 27.9 Å². The summed E-state index contributed by atoms with van der Waals surface area (Å²) in [6, 6.07) is 15.5. The van der Waals surface area contributed by atoms with E-state index in [0.717, 1.165) is 42.2 Å². The molecule has 0 spiro atoms. The molecule has 0 unspecified atom stereocenters. The van der Waals surface area contributed by atoms with Crippen LogP contribution in [0.25, 0.3) is 0 Å². The van der Waals surface area contributed by atoms with E-state index < -0.39 is 48.8 Å². The van der Waals surface area contributed by atoms with Gasteiger partial charge in [-0.05, 0) is 60.9 Å². The van der Waals surface area contributed by atoms with Crippen molar-refractivity contribution in [2.75, 3.05) is 11.0 Å². The Kier molecular flexibility index (Phi) is 8.13. The Labute approximate surface area is 213 Å². The van der Waals surface area contributed by atoms with Crippen molar-refractivity contribution < 1.29 is 34.8 Å². The van der Waals surface area contributed by atoms with Gasteiger partial charge in [0.25, 0.3) is 15.9 Å². The number of sulfone groups is 1. The molecule has 12 heteroatoms. The van der Waals surface area contributed by atoms with Crippen LogP contribution in [0, 0.1) is 0 Å². The first-order valence-corrected chi connectivity index (χ1v) is 14.1. The summed E-state index contributed by atoms with van der Waals surface area (Å²) in [5.74, 6) is -0.978. The monoisotopic (exact) mass is 552 g/mol. The lowest BCUT2D eigenvalue weighted by atomic mass is 10.1. The lowest BCUT2D eigenvalue weighted by Crippen LogP contribution is -2.25. The molecule has 0 saturated heterocycles. The zero-order valence-electron chi connectivity index (χ0n) is 19.5. The van der Waals surface area contributed by atoms with Crippen LogP contribution < -0.4 is 10.0 Å². The Morgan fingerprint density at radius 1 is 0.892 bits per heavy atom. The molecule has 196 valence electrons. The molecule has 0 heterocycles. The van der Waals surface area contributed by atoms with E-state index in [4.69, 9.17) is 0 Å². The molecule has 3 aromatic carbocycles. The van der Waals surface area contributed by atoms with E-state index in [-0.39, 0.29) is 15.5 Å². The summed E-state index contributed by atoms with van der Waals surface area (Å²) in [7, 11) is -7.96. The van der Waals surface area contributed by atoms with Gasteiger partial charge in [0.05, 0.1) is 26.6 Å². The molecule has 0 bridgehead atoms. The van der Waals surface area contributed by atoms with E-state index in [1.54, 1.807) is 0 Å². The minimum atomic E-state index is -4.78. The summed E-state index contributed by atoms with van der Waals surface area (Å²) < 4.78 is 91.1. The minimum absolute atomic E-state index is 0.116. The Morgan fingerprint density at radius 2 is 1.49 bits per heavy atom. The van der Waals surface area contributed by atoms with Crippen LogP contribution in [0.15, 0.2) is 94.9 Å². The minimum Gasteiger partial charge on any atom is -0.326 e. The van der Waals surface area contributed by atoms with Crippen molar-refractivity contribution in [2.24, 2.45) is 0 Å². The lowest BCUT2D eigenvalue weighted by Gasteiger charge is -2.16. The molecule has 0 saturated carbocycles. The first kappa shape index (κ1) is 27.9. The number of hydrogen-bond acceptors (Lipinski definition) is 5. The molecule has 0 atom stereocenters. The SMILES string of the molecule is C=C(CCc1ccccc1)NC(=O)c1cc(C(F)(F)F)ccc1NS(=O)(=O)c1ccc(S(C)(=O)=O)cc1. The van der Waals surface area contributed by atoms with Crippen molar-refractivity contribution in [3.8, 4) is 0 Å². The normalized spacial score (nSPS) is 12.1. The zero-order chi connectivity index (χ0) is 27.4. The molecular formula is C25H23F3N2O5S2. The summed E-state index contributed by atoms with van der Waals surface area (Å²) in [6.45, 7) is 3.74. The fourth-order valence-electron chi connectivity index (χ4n) is 3.30.